The Morgan fingerprint density at radius 1 is 0.509 bits per heavy atom. The van der Waals surface area contributed by atoms with Crippen molar-refractivity contribution in [1.29, 1.82) is 0 Å². The second-order valence-corrected chi connectivity index (χ2v) is 14.1. The molecule has 53 heavy (non-hydrogen) atoms. The van der Waals surface area contributed by atoms with Gasteiger partial charge in [0.05, 0.1) is 39.5 Å². The van der Waals surface area contributed by atoms with E-state index in [-0.39, 0.29) is 26.2 Å². The van der Waals surface area contributed by atoms with E-state index < -0.39 is 17.9 Å². The van der Waals surface area contributed by atoms with Crippen molar-refractivity contribution in [2.45, 2.75) is 119 Å². The van der Waals surface area contributed by atoms with E-state index in [0.29, 0.717) is 22.5 Å². The van der Waals surface area contributed by atoms with E-state index in [9.17, 15) is 19.5 Å². The molecule has 0 aliphatic heterocycles. The summed E-state index contributed by atoms with van der Waals surface area (Å²) in [5.41, 5.74) is 1.73. The van der Waals surface area contributed by atoms with Crippen LogP contribution in [0.4, 0.5) is 0 Å². The topological polar surface area (TPSA) is 129 Å². The minimum Gasteiger partial charge on any atom is -0.478 e. The van der Waals surface area contributed by atoms with Crippen LogP contribution in [0.15, 0.2) is 48.8 Å². The smallest absolute Gasteiger partial charge is 0.397 e. The number of quaternary nitrogens is 2. The summed E-state index contributed by atoms with van der Waals surface area (Å²) in [5, 5.41) is 10.1. The summed E-state index contributed by atoms with van der Waals surface area (Å²) >= 11 is 0. The zero-order chi connectivity index (χ0) is 38.7. The van der Waals surface area contributed by atoms with Crippen LogP contribution in [0.1, 0.15) is 150 Å². The van der Waals surface area contributed by atoms with Crippen LogP contribution in [-0.2, 0) is 9.68 Å². The van der Waals surface area contributed by atoms with E-state index >= 15 is 0 Å². The zero-order valence-corrected chi connectivity index (χ0v) is 33.1. The van der Waals surface area contributed by atoms with E-state index in [1.807, 2.05) is 0 Å². The fraction of sp³-hybridized carbons (Fsp3) is 0.571. The van der Waals surface area contributed by atoms with Crippen LogP contribution in [0.25, 0.3) is 22.8 Å². The highest BCUT2D eigenvalue weighted by Gasteiger charge is 2.34. The summed E-state index contributed by atoms with van der Waals surface area (Å²) in [6.07, 6.45) is 14.7. The summed E-state index contributed by atoms with van der Waals surface area (Å²) < 4.78 is 0.562. The van der Waals surface area contributed by atoms with Crippen LogP contribution in [0, 0.1) is 0 Å². The summed E-state index contributed by atoms with van der Waals surface area (Å²) in [4.78, 5) is 66.1. The Bertz CT molecular complexity index is 1460. The normalized spacial score (nSPS) is 11.7. The number of rotatable bonds is 25. The molecular formula is C42H63N5O6+2. The molecule has 0 radical (unpaired) electrons. The minimum atomic E-state index is -1.16. The van der Waals surface area contributed by atoms with Crippen LogP contribution < -0.4 is 0 Å². The van der Waals surface area contributed by atoms with Gasteiger partial charge in [-0.15, -0.1) is 9.29 Å². The third kappa shape index (κ3) is 13.0. The molecule has 0 aromatic carbocycles. The Kier molecular flexibility index (Phi) is 18.0. The lowest BCUT2D eigenvalue weighted by Crippen LogP contribution is -2.51. The van der Waals surface area contributed by atoms with E-state index in [2.05, 4.69) is 51.5 Å². The highest BCUT2D eigenvalue weighted by molar-refractivity contribution is 5.93. The summed E-state index contributed by atoms with van der Waals surface area (Å²) in [6, 6.07) is 9.25. The Balaban J connectivity index is 1.99. The predicted octanol–water partition coefficient (Wildman–Crippen LogP) is 9.48. The van der Waals surface area contributed by atoms with E-state index in [1.165, 1.54) is 24.5 Å². The number of hydrogen-bond acceptors (Lipinski definition) is 8. The molecule has 0 fully saturated rings. The monoisotopic (exact) mass is 733 g/mol. The molecule has 0 saturated heterocycles. The number of carboxylic acid groups (broad SMARTS) is 1. The second kappa shape index (κ2) is 22.1. The van der Waals surface area contributed by atoms with Crippen molar-refractivity contribution in [3.05, 3.63) is 65.5 Å². The van der Waals surface area contributed by atoms with Crippen LogP contribution in [-0.4, -0.2) is 86.5 Å². The highest BCUT2D eigenvalue weighted by atomic mass is 16.7. The van der Waals surface area contributed by atoms with Gasteiger partial charge in [-0.05, 0) is 74.9 Å². The molecule has 0 aliphatic rings. The summed E-state index contributed by atoms with van der Waals surface area (Å²) in [5.74, 6) is -2.06. The number of aromatic carboxylic acids is 1. The van der Waals surface area contributed by atoms with Crippen molar-refractivity contribution < 1.29 is 38.5 Å². The van der Waals surface area contributed by atoms with Gasteiger partial charge in [0, 0.05) is 12.4 Å². The lowest BCUT2D eigenvalue weighted by atomic mass is 10.1. The fourth-order valence-corrected chi connectivity index (χ4v) is 6.39. The minimum absolute atomic E-state index is 0.0293. The molecule has 3 heterocycles. The van der Waals surface area contributed by atoms with Gasteiger partial charge in [0.15, 0.2) is 0 Å². The molecular weight excluding hydrogens is 670 g/mol. The van der Waals surface area contributed by atoms with E-state index in [1.54, 1.807) is 24.3 Å². The van der Waals surface area contributed by atoms with Crippen molar-refractivity contribution in [2.24, 2.45) is 0 Å². The molecule has 0 bridgehead atoms. The first-order valence-corrected chi connectivity index (χ1v) is 20.0. The molecule has 3 rings (SSSR count). The van der Waals surface area contributed by atoms with Crippen LogP contribution in [0.5, 0.6) is 0 Å². The molecule has 0 atom stereocenters. The fourth-order valence-electron chi connectivity index (χ4n) is 6.39. The van der Waals surface area contributed by atoms with Gasteiger partial charge in [0.1, 0.15) is 39.3 Å². The molecule has 11 nitrogen and oxygen atoms in total. The lowest BCUT2D eigenvalue weighted by Gasteiger charge is -2.35. The van der Waals surface area contributed by atoms with Crippen LogP contribution in [0.3, 0.4) is 0 Å². The number of aromatic nitrogens is 3. The Morgan fingerprint density at radius 3 is 1.09 bits per heavy atom. The zero-order valence-electron chi connectivity index (χ0n) is 33.1. The van der Waals surface area contributed by atoms with Crippen molar-refractivity contribution >= 4 is 17.9 Å². The van der Waals surface area contributed by atoms with Crippen LogP contribution in [0.2, 0.25) is 0 Å². The second-order valence-electron chi connectivity index (χ2n) is 14.1. The molecule has 3 aromatic heterocycles. The summed E-state index contributed by atoms with van der Waals surface area (Å²) in [7, 11) is 0. The van der Waals surface area contributed by atoms with Gasteiger partial charge >= 0.3 is 17.9 Å². The first kappa shape index (κ1) is 43.2. The highest BCUT2D eigenvalue weighted by Crippen LogP contribution is 2.26. The first-order chi connectivity index (χ1) is 25.6. The third-order valence-corrected chi connectivity index (χ3v) is 9.66. The predicted molar refractivity (Wildman–Crippen MR) is 208 cm³/mol. The van der Waals surface area contributed by atoms with Gasteiger partial charge in [-0.2, -0.15) is 0 Å². The number of carboxylic acids is 1. The van der Waals surface area contributed by atoms with Crippen molar-refractivity contribution in [3.8, 4) is 22.8 Å². The standard InChI is InChI=1S/C42H62N5O6/c1-7-13-23-46(24-14-8-2,25-15-9-3)52-41(50)33-19-21-43-36(29-33)38-31-35(40(48)49)32-39(45-38)37-30-34(20-22-44-37)42(51)53-47(26-16-10-4,27-17-11-5)28-18-12-6/h19-22,29-32H,7-18,23-28H2,1-6H3/q+1/p+1. The number of carbonyl (C=O) groups excluding carboxylic acids is 2. The first-order valence-electron chi connectivity index (χ1n) is 20.0. The van der Waals surface area contributed by atoms with Crippen molar-refractivity contribution in [3.63, 3.8) is 0 Å². The molecule has 1 N–H and O–H groups in total. The molecule has 0 saturated carbocycles. The Labute approximate surface area is 316 Å². The molecule has 0 aliphatic carbocycles. The lowest BCUT2D eigenvalue weighted by molar-refractivity contribution is -1.09. The molecule has 0 amide bonds. The molecule has 0 spiro atoms. The molecule has 3 aromatic rings. The van der Waals surface area contributed by atoms with Gasteiger partial charge in [0.25, 0.3) is 0 Å². The van der Waals surface area contributed by atoms with Gasteiger partial charge in [-0.25, -0.2) is 19.4 Å². The third-order valence-electron chi connectivity index (χ3n) is 9.66. The number of pyridine rings is 3. The quantitative estimate of drug-likeness (QED) is 0.0669. The maximum Gasteiger partial charge on any atom is 0.397 e. The van der Waals surface area contributed by atoms with Crippen molar-refractivity contribution in [1.82, 2.24) is 15.0 Å². The SMILES string of the molecule is CCCC[N+](CCCC)(CCCC)OC(=O)c1ccnc(-c2cc(C(=O)O)cc(-c3cc(C(=O)O[N+](CCCC)(CCCC)CCCC)ccn3)n2)c1. The van der Waals surface area contributed by atoms with Crippen LogP contribution >= 0.6 is 0 Å². The average molecular weight is 734 g/mol. The molecule has 290 valence electrons. The van der Waals surface area contributed by atoms with Gasteiger partial charge in [0.2, 0.25) is 0 Å². The average Bonchev–Trinajstić information content (AvgIpc) is 3.18. The van der Waals surface area contributed by atoms with E-state index in [4.69, 9.17) is 14.7 Å². The largest absolute Gasteiger partial charge is 0.478 e. The number of hydroxylamine groups is 6. The van der Waals surface area contributed by atoms with Gasteiger partial charge < -0.3 is 5.11 Å². The van der Waals surface area contributed by atoms with Crippen molar-refractivity contribution in [2.75, 3.05) is 39.3 Å². The number of hydrogen-bond donors (Lipinski definition) is 1. The van der Waals surface area contributed by atoms with E-state index in [0.717, 1.165) is 116 Å². The Hall–Kier alpha value is -4.22. The number of nitrogens with zero attached hydrogens (tertiary/aromatic N) is 5. The van der Waals surface area contributed by atoms with Gasteiger partial charge in [-0.1, -0.05) is 80.1 Å². The number of unbranched alkanes of at least 4 members (excludes halogenated alkanes) is 6. The molecule has 0 unspecified atom stereocenters. The molecule has 11 heteroatoms. The maximum absolute atomic E-state index is 13.7. The maximum atomic E-state index is 13.7. The van der Waals surface area contributed by atoms with Gasteiger partial charge in [-0.3, -0.25) is 19.6 Å². The number of carbonyl (C=O) groups is 3. The summed E-state index contributed by atoms with van der Waals surface area (Å²) in [6.45, 7) is 17.3. The Morgan fingerprint density at radius 2 is 0.811 bits per heavy atom.